The van der Waals surface area contributed by atoms with Crippen molar-refractivity contribution in [1.29, 1.82) is 0 Å². The molecule has 38 heavy (non-hydrogen) atoms. The van der Waals surface area contributed by atoms with E-state index in [2.05, 4.69) is 10.6 Å². The molecular weight excluding hydrogens is 482 g/mol. The third-order valence-electron chi connectivity index (χ3n) is 6.39. The maximum absolute atomic E-state index is 14.2. The van der Waals surface area contributed by atoms with Gasteiger partial charge >= 0.3 is 6.09 Å². The minimum atomic E-state index is -1.02. The fourth-order valence-electron chi connectivity index (χ4n) is 4.20. The van der Waals surface area contributed by atoms with Crippen LogP contribution in [0.5, 0.6) is 5.75 Å². The highest BCUT2D eigenvalue weighted by Crippen LogP contribution is 2.30. The number of hydrogen-bond acceptors (Lipinski definition) is 5. The van der Waals surface area contributed by atoms with Gasteiger partial charge in [-0.3, -0.25) is 9.59 Å². The maximum Gasteiger partial charge on any atom is 0.408 e. The second-order valence-electron chi connectivity index (χ2n) is 11.1. The van der Waals surface area contributed by atoms with Crippen molar-refractivity contribution in [1.82, 2.24) is 10.2 Å². The number of phenolic OH excluding ortho intramolecular Hbond substituents is 1. The molecular formula is C30H43N3O5. The zero-order valence-corrected chi connectivity index (χ0v) is 24.1. The molecule has 8 heteroatoms. The number of benzene rings is 2. The van der Waals surface area contributed by atoms with Crippen LogP contribution in [0.2, 0.25) is 0 Å². The summed E-state index contributed by atoms with van der Waals surface area (Å²) in [7, 11) is 0. The smallest absolute Gasteiger partial charge is 0.408 e. The van der Waals surface area contributed by atoms with Crippen molar-refractivity contribution < 1.29 is 24.2 Å². The van der Waals surface area contributed by atoms with Crippen molar-refractivity contribution in [3.05, 3.63) is 59.2 Å². The molecule has 2 aromatic carbocycles. The van der Waals surface area contributed by atoms with Crippen LogP contribution in [0.25, 0.3) is 0 Å². The van der Waals surface area contributed by atoms with E-state index in [9.17, 15) is 19.5 Å². The Kier molecular flexibility index (Phi) is 10.3. The van der Waals surface area contributed by atoms with E-state index in [1.54, 1.807) is 32.9 Å². The van der Waals surface area contributed by atoms with Crippen molar-refractivity contribution in [3.8, 4) is 5.75 Å². The van der Waals surface area contributed by atoms with Crippen LogP contribution in [0.3, 0.4) is 0 Å². The van der Waals surface area contributed by atoms with Crippen LogP contribution in [-0.2, 0) is 14.3 Å². The number of ether oxygens (including phenoxy) is 1. The van der Waals surface area contributed by atoms with E-state index in [-0.39, 0.29) is 23.6 Å². The zero-order valence-electron chi connectivity index (χ0n) is 24.1. The molecule has 0 aliphatic carbocycles. The van der Waals surface area contributed by atoms with E-state index in [1.165, 1.54) is 17.0 Å². The Bertz CT molecular complexity index is 1100. The van der Waals surface area contributed by atoms with Crippen LogP contribution in [-0.4, -0.2) is 45.6 Å². The third kappa shape index (κ3) is 7.97. The molecule has 3 N–H and O–H groups in total. The second-order valence-corrected chi connectivity index (χ2v) is 11.1. The standard InChI is InChI=1S/C30H43N3O5/c1-10-21(6)33(28(36)24(18(2)3)32-29(37)38-30(7,8)9)26(22-14-16-23(34)17-15-22)27(35)31-25-19(4)12-11-13-20(25)5/h11-18,21,24,26,34H,10H2,1-9H3,(H,31,35)(H,32,37). The highest BCUT2D eigenvalue weighted by molar-refractivity contribution is 6.00. The fourth-order valence-corrected chi connectivity index (χ4v) is 4.20. The van der Waals surface area contributed by atoms with Crippen molar-refractivity contribution in [2.24, 2.45) is 5.92 Å². The molecule has 0 fully saturated rings. The summed E-state index contributed by atoms with van der Waals surface area (Å²) in [5.41, 5.74) is 2.29. The molecule has 0 heterocycles. The third-order valence-corrected chi connectivity index (χ3v) is 6.39. The summed E-state index contributed by atoms with van der Waals surface area (Å²) in [5, 5.41) is 15.7. The number of anilines is 1. The Morgan fingerprint density at radius 2 is 1.53 bits per heavy atom. The lowest BCUT2D eigenvalue weighted by Gasteiger charge is -2.39. The summed E-state index contributed by atoms with van der Waals surface area (Å²) >= 11 is 0. The molecule has 3 atom stereocenters. The molecule has 0 aliphatic rings. The van der Waals surface area contributed by atoms with E-state index in [0.717, 1.165) is 11.1 Å². The van der Waals surface area contributed by atoms with Crippen molar-refractivity contribution in [3.63, 3.8) is 0 Å². The van der Waals surface area contributed by atoms with Crippen LogP contribution in [0, 0.1) is 19.8 Å². The minimum Gasteiger partial charge on any atom is -0.508 e. The zero-order chi connectivity index (χ0) is 28.8. The summed E-state index contributed by atoms with van der Waals surface area (Å²) in [5.74, 6) is -1.00. The molecule has 0 spiro atoms. The molecule has 208 valence electrons. The highest BCUT2D eigenvalue weighted by atomic mass is 16.6. The lowest BCUT2D eigenvalue weighted by Crippen LogP contribution is -2.56. The minimum absolute atomic E-state index is 0.0516. The normalized spacial score (nSPS) is 13.8. The molecule has 0 saturated heterocycles. The first-order valence-electron chi connectivity index (χ1n) is 13.1. The first kappa shape index (κ1) is 30.7. The quantitative estimate of drug-likeness (QED) is 0.380. The average Bonchev–Trinajstić information content (AvgIpc) is 2.82. The predicted molar refractivity (Wildman–Crippen MR) is 150 cm³/mol. The Labute approximate surface area is 226 Å². The molecule has 2 rings (SSSR count). The van der Waals surface area contributed by atoms with Gasteiger partial charge in [0.25, 0.3) is 5.91 Å². The molecule has 8 nitrogen and oxygen atoms in total. The second kappa shape index (κ2) is 12.8. The number of rotatable bonds is 9. The topological polar surface area (TPSA) is 108 Å². The van der Waals surface area contributed by atoms with Crippen molar-refractivity contribution >= 4 is 23.6 Å². The average molecular weight is 526 g/mol. The summed E-state index contributed by atoms with van der Waals surface area (Å²) in [6.07, 6.45) is -0.122. The summed E-state index contributed by atoms with van der Waals surface area (Å²) in [6.45, 7) is 16.6. The van der Waals surface area contributed by atoms with E-state index in [0.29, 0.717) is 17.7 Å². The number of amides is 3. The summed E-state index contributed by atoms with van der Waals surface area (Å²) < 4.78 is 5.42. The van der Waals surface area contributed by atoms with Gasteiger partial charge in [0.1, 0.15) is 23.4 Å². The molecule has 0 saturated carbocycles. The molecule has 0 bridgehead atoms. The van der Waals surface area contributed by atoms with Crippen molar-refractivity contribution in [2.75, 3.05) is 5.32 Å². The Hall–Kier alpha value is -3.55. The molecule has 0 aliphatic heterocycles. The number of carbonyl (C=O) groups excluding carboxylic acids is 3. The first-order valence-corrected chi connectivity index (χ1v) is 13.1. The van der Waals surface area contributed by atoms with Crippen LogP contribution in [0.15, 0.2) is 42.5 Å². The van der Waals surface area contributed by atoms with Gasteiger partial charge in [-0.2, -0.15) is 0 Å². The summed E-state index contributed by atoms with van der Waals surface area (Å²) in [6, 6.07) is 9.72. The molecule has 3 unspecified atom stereocenters. The van der Waals surface area contributed by atoms with Gasteiger partial charge in [0, 0.05) is 11.7 Å². The van der Waals surface area contributed by atoms with Gasteiger partial charge in [0.05, 0.1) is 0 Å². The van der Waals surface area contributed by atoms with E-state index in [4.69, 9.17) is 4.74 Å². The van der Waals surface area contributed by atoms with Gasteiger partial charge in [-0.05, 0) is 82.7 Å². The molecule has 0 radical (unpaired) electrons. The number of aryl methyl sites for hydroxylation is 2. The largest absolute Gasteiger partial charge is 0.508 e. The Morgan fingerprint density at radius 1 is 0.974 bits per heavy atom. The predicted octanol–water partition coefficient (Wildman–Crippen LogP) is 5.87. The van der Waals surface area contributed by atoms with Crippen LogP contribution >= 0.6 is 0 Å². The SMILES string of the molecule is CCC(C)N(C(=O)C(NC(=O)OC(C)(C)C)C(C)C)C(C(=O)Nc1c(C)cccc1C)c1ccc(O)cc1. The number of carbonyl (C=O) groups is 3. The lowest BCUT2D eigenvalue weighted by atomic mass is 9.96. The van der Waals surface area contributed by atoms with E-state index < -0.39 is 29.7 Å². The fraction of sp³-hybridized carbons (Fsp3) is 0.500. The van der Waals surface area contributed by atoms with Gasteiger partial charge in [-0.25, -0.2) is 4.79 Å². The lowest BCUT2D eigenvalue weighted by molar-refractivity contribution is -0.144. The molecule has 3 amide bonds. The number of phenols is 1. The van der Waals surface area contributed by atoms with Gasteiger partial charge in [0.15, 0.2) is 0 Å². The number of nitrogens with zero attached hydrogens (tertiary/aromatic N) is 1. The van der Waals surface area contributed by atoms with Crippen molar-refractivity contribution in [2.45, 2.75) is 92.5 Å². The number of aromatic hydroxyl groups is 1. The van der Waals surface area contributed by atoms with E-state index >= 15 is 0 Å². The van der Waals surface area contributed by atoms with Crippen LogP contribution in [0.4, 0.5) is 10.5 Å². The summed E-state index contributed by atoms with van der Waals surface area (Å²) in [4.78, 5) is 42.4. The van der Waals surface area contributed by atoms with E-state index in [1.807, 2.05) is 59.7 Å². The Balaban J connectivity index is 2.59. The van der Waals surface area contributed by atoms with Gasteiger partial charge in [0.2, 0.25) is 5.91 Å². The number of nitrogens with one attached hydrogen (secondary N) is 2. The van der Waals surface area contributed by atoms with Gasteiger partial charge in [-0.1, -0.05) is 51.1 Å². The monoisotopic (exact) mass is 525 g/mol. The first-order chi connectivity index (χ1) is 17.7. The van der Waals surface area contributed by atoms with Gasteiger partial charge < -0.3 is 25.4 Å². The van der Waals surface area contributed by atoms with Crippen LogP contribution in [0.1, 0.15) is 77.6 Å². The number of hydrogen-bond donors (Lipinski definition) is 3. The molecule has 0 aromatic heterocycles. The Morgan fingerprint density at radius 3 is 2.00 bits per heavy atom. The van der Waals surface area contributed by atoms with Crippen LogP contribution < -0.4 is 10.6 Å². The highest BCUT2D eigenvalue weighted by Gasteiger charge is 2.39. The van der Waals surface area contributed by atoms with Gasteiger partial charge in [-0.15, -0.1) is 0 Å². The number of alkyl carbamates (subject to hydrolysis) is 1. The molecule has 2 aromatic rings. The number of para-hydroxylation sites is 1. The maximum atomic E-state index is 14.2.